The van der Waals surface area contributed by atoms with Crippen molar-refractivity contribution in [1.29, 1.82) is 0 Å². The van der Waals surface area contributed by atoms with Gasteiger partial charge in [-0.1, -0.05) is 0 Å². The number of aldehydes is 1. The van der Waals surface area contributed by atoms with E-state index in [4.69, 9.17) is 10.5 Å². The highest BCUT2D eigenvalue weighted by Gasteiger charge is 2.35. The number of hydrogen-bond acceptors (Lipinski definition) is 9. The maximum Gasteiger partial charge on any atom is 0.254 e. The van der Waals surface area contributed by atoms with Crippen molar-refractivity contribution >= 4 is 23.3 Å². The van der Waals surface area contributed by atoms with Gasteiger partial charge in [0.15, 0.2) is 17.8 Å². The summed E-state index contributed by atoms with van der Waals surface area (Å²) < 4.78 is 8.59. The van der Waals surface area contributed by atoms with Crippen LogP contribution in [-0.2, 0) is 4.74 Å². The van der Waals surface area contributed by atoms with E-state index < -0.39 is 18.4 Å². The molecule has 0 radical (unpaired) electrons. The number of anilines is 1. The minimum absolute atomic E-state index is 0.152. The Morgan fingerprint density at radius 3 is 2.96 bits per heavy atom. The van der Waals surface area contributed by atoms with Crippen molar-refractivity contribution in [1.82, 2.24) is 29.3 Å². The SMILES string of the molecule is Nc1nc(-n2cc(C=O)cn2)nc2c1ncn2C1C[C@H](O)[C@@H](CO)O1. The number of aliphatic hydroxyl groups is 2. The molecule has 4 rings (SSSR count). The molecule has 1 fully saturated rings. The van der Waals surface area contributed by atoms with Crippen LogP contribution in [0, 0.1) is 0 Å². The van der Waals surface area contributed by atoms with Crippen LogP contribution in [0.5, 0.6) is 0 Å². The molecule has 0 saturated carbocycles. The van der Waals surface area contributed by atoms with Crippen molar-refractivity contribution in [2.45, 2.75) is 24.9 Å². The highest BCUT2D eigenvalue weighted by Crippen LogP contribution is 2.31. The van der Waals surface area contributed by atoms with Crippen molar-refractivity contribution in [3.05, 3.63) is 24.3 Å². The minimum atomic E-state index is -0.785. The van der Waals surface area contributed by atoms with E-state index in [9.17, 15) is 15.0 Å². The number of rotatable bonds is 4. The van der Waals surface area contributed by atoms with Gasteiger partial charge in [-0.2, -0.15) is 15.1 Å². The summed E-state index contributed by atoms with van der Waals surface area (Å²) in [6, 6.07) is 0. The predicted octanol–water partition coefficient (Wildman–Crippen LogP) is -0.953. The molecule has 3 aromatic heterocycles. The molecule has 0 bridgehead atoms. The molecule has 11 nitrogen and oxygen atoms in total. The smallest absolute Gasteiger partial charge is 0.254 e. The Morgan fingerprint density at radius 2 is 2.28 bits per heavy atom. The van der Waals surface area contributed by atoms with Crippen molar-refractivity contribution in [2.24, 2.45) is 0 Å². The maximum atomic E-state index is 10.8. The largest absolute Gasteiger partial charge is 0.394 e. The number of fused-ring (bicyclic) bond motifs is 1. The normalized spacial score (nSPS) is 23.4. The molecule has 25 heavy (non-hydrogen) atoms. The average Bonchev–Trinajstić information content (AvgIpc) is 3.31. The van der Waals surface area contributed by atoms with Gasteiger partial charge in [-0.3, -0.25) is 9.36 Å². The van der Waals surface area contributed by atoms with Gasteiger partial charge in [0.05, 0.1) is 30.8 Å². The molecular formula is C14H15N7O4. The molecule has 1 unspecified atom stereocenters. The van der Waals surface area contributed by atoms with E-state index in [1.54, 1.807) is 4.57 Å². The van der Waals surface area contributed by atoms with E-state index >= 15 is 0 Å². The van der Waals surface area contributed by atoms with Crippen LogP contribution in [0.15, 0.2) is 18.7 Å². The molecule has 4 heterocycles. The lowest BCUT2D eigenvalue weighted by Gasteiger charge is -2.14. The van der Waals surface area contributed by atoms with Gasteiger partial charge in [-0.25, -0.2) is 9.67 Å². The molecule has 1 aliphatic rings. The Kier molecular flexibility index (Phi) is 3.67. The van der Waals surface area contributed by atoms with Crippen LogP contribution in [0.1, 0.15) is 23.0 Å². The Hall–Kier alpha value is -2.89. The van der Waals surface area contributed by atoms with E-state index in [1.807, 2.05) is 0 Å². The van der Waals surface area contributed by atoms with Crippen LogP contribution in [0.2, 0.25) is 0 Å². The molecule has 0 amide bonds. The lowest BCUT2D eigenvalue weighted by Crippen LogP contribution is -2.24. The van der Waals surface area contributed by atoms with E-state index in [2.05, 4.69) is 20.1 Å². The molecule has 1 aliphatic heterocycles. The number of nitrogens with zero attached hydrogens (tertiary/aromatic N) is 6. The lowest BCUT2D eigenvalue weighted by molar-refractivity contribution is -0.0432. The third kappa shape index (κ3) is 2.54. The average molecular weight is 345 g/mol. The van der Waals surface area contributed by atoms with Gasteiger partial charge >= 0.3 is 0 Å². The quantitative estimate of drug-likeness (QED) is 0.507. The fourth-order valence-electron chi connectivity index (χ4n) is 2.80. The summed E-state index contributed by atoms with van der Waals surface area (Å²) in [6.45, 7) is -0.283. The molecular weight excluding hydrogens is 330 g/mol. The topological polar surface area (TPSA) is 154 Å². The number of hydrogen-bond donors (Lipinski definition) is 3. The van der Waals surface area contributed by atoms with Crippen molar-refractivity contribution in [3.8, 4) is 5.95 Å². The maximum absolute atomic E-state index is 10.8. The Bertz CT molecular complexity index is 937. The Morgan fingerprint density at radius 1 is 1.44 bits per heavy atom. The highest BCUT2D eigenvalue weighted by atomic mass is 16.5. The second-order valence-electron chi connectivity index (χ2n) is 5.68. The van der Waals surface area contributed by atoms with Crippen LogP contribution in [0.25, 0.3) is 17.1 Å². The van der Waals surface area contributed by atoms with Crippen LogP contribution in [0.3, 0.4) is 0 Å². The van der Waals surface area contributed by atoms with Gasteiger partial charge in [-0.05, 0) is 0 Å². The number of carbonyl (C=O) groups excluding carboxylic acids is 1. The third-order valence-electron chi connectivity index (χ3n) is 4.07. The van der Waals surface area contributed by atoms with Crippen LogP contribution in [0.4, 0.5) is 5.82 Å². The van der Waals surface area contributed by atoms with Crippen LogP contribution in [-0.4, -0.2) is 64.6 Å². The second kappa shape index (κ2) is 5.88. The zero-order valence-electron chi connectivity index (χ0n) is 12.9. The Labute approximate surface area is 140 Å². The van der Waals surface area contributed by atoms with Gasteiger partial charge < -0.3 is 20.7 Å². The summed E-state index contributed by atoms with van der Waals surface area (Å²) >= 11 is 0. The van der Waals surface area contributed by atoms with E-state index in [0.717, 1.165) is 0 Å². The van der Waals surface area contributed by atoms with Gasteiger partial charge in [0.1, 0.15) is 17.8 Å². The van der Waals surface area contributed by atoms with Crippen LogP contribution < -0.4 is 5.73 Å². The number of nitrogens with two attached hydrogens (primary N) is 1. The first kappa shape index (κ1) is 15.6. The second-order valence-corrected chi connectivity index (χ2v) is 5.68. The summed E-state index contributed by atoms with van der Waals surface area (Å²) in [5.41, 5.74) is 7.13. The monoisotopic (exact) mass is 345 g/mol. The third-order valence-corrected chi connectivity index (χ3v) is 4.07. The summed E-state index contributed by atoms with van der Waals surface area (Å²) in [7, 11) is 0. The van der Waals surface area contributed by atoms with Gasteiger partial charge in [0.2, 0.25) is 0 Å². The predicted molar refractivity (Wildman–Crippen MR) is 83.9 cm³/mol. The number of nitrogen functional groups attached to an aromatic ring is 1. The number of carbonyl (C=O) groups is 1. The standard InChI is InChI=1S/C14H15N7O4/c15-12-11-13(19-14(18-12)21-3-7(4-22)2-17-21)20(6-16-11)10-1-8(24)9(5-23)25-10/h2-4,6,8-10,23-24H,1,5H2,(H2,15,18,19)/t8-,9+,10?/m0/s1. The Balaban J connectivity index is 1.78. The van der Waals surface area contributed by atoms with E-state index in [-0.39, 0.29) is 24.8 Å². The molecule has 130 valence electrons. The lowest BCUT2D eigenvalue weighted by atomic mass is 10.2. The molecule has 0 aromatic carbocycles. The molecule has 3 aromatic rings. The van der Waals surface area contributed by atoms with Crippen molar-refractivity contribution < 1.29 is 19.7 Å². The highest BCUT2D eigenvalue weighted by molar-refractivity contribution is 5.82. The summed E-state index contributed by atoms with van der Waals surface area (Å²) in [5.74, 6) is 0.330. The number of ether oxygens (including phenoxy) is 1. The van der Waals surface area contributed by atoms with E-state index in [0.29, 0.717) is 23.0 Å². The first-order valence-electron chi connectivity index (χ1n) is 7.55. The van der Waals surface area contributed by atoms with Crippen LogP contribution >= 0.6 is 0 Å². The van der Waals surface area contributed by atoms with E-state index in [1.165, 1.54) is 23.4 Å². The summed E-state index contributed by atoms with van der Waals surface area (Å²) in [4.78, 5) is 23.6. The molecule has 1 saturated heterocycles. The summed E-state index contributed by atoms with van der Waals surface area (Å²) in [6.07, 6.45) is 3.32. The van der Waals surface area contributed by atoms with Gasteiger partial charge in [0, 0.05) is 12.6 Å². The number of imidazole rings is 1. The first-order chi connectivity index (χ1) is 12.1. The van der Waals surface area contributed by atoms with Gasteiger partial charge in [-0.15, -0.1) is 0 Å². The first-order valence-corrected chi connectivity index (χ1v) is 7.55. The minimum Gasteiger partial charge on any atom is -0.394 e. The molecule has 0 spiro atoms. The zero-order chi connectivity index (χ0) is 17.6. The fraction of sp³-hybridized carbons (Fsp3) is 0.357. The molecule has 0 aliphatic carbocycles. The fourth-order valence-corrected chi connectivity index (χ4v) is 2.80. The van der Waals surface area contributed by atoms with Crippen molar-refractivity contribution in [3.63, 3.8) is 0 Å². The summed E-state index contributed by atoms with van der Waals surface area (Å²) in [5, 5.41) is 23.2. The number of aromatic nitrogens is 6. The molecule has 3 atom stereocenters. The number of aliphatic hydroxyl groups excluding tert-OH is 2. The zero-order valence-corrected chi connectivity index (χ0v) is 12.9. The molecule has 4 N–H and O–H groups in total. The van der Waals surface area contributed by atoms with Gasteiger partial charge in [0.25, 0.3) is 5.95 Å². The van der Waals surface area contributed by atoms with Crippen molar-refractivity contribution in [2.75, 3.05) is 12.3 Å². The molecule has 11 heteroatoms.